The normalized spacial score (nSPS) is 18.7. The molecular formula is C17H20N2O4S. The minimum absolute atomic E-state index is 0.196. The molecule has 1 fully saturated rings. The van der Waals surface area contributed by atoms with E-state index in [1.165, 1.54) is 23.4 Å². The summed E-state index contributed by atoms with van der Waals surface area (Å²) in [7, 11) is -3.61. The number of amides is 1. The molecule has 1 saturated heterocycles. The van der Waals surface area contributed by atoms with Crippen LogP contribution in [0.1, 0.15) is 37.3 Å². The summed E-state index contributed by atoms with van der Waals surface area (Å²) < 4.78 is 33.0. The highest BCUT2D eigenvalue weighted by Crippen LogP contribution is 2.37. The molecule has 2 heterocycles. The lowest BCUT2D eigenvalue weighted by atomic mass is 10.2. The topological polar surface area (TPSA) is 79.6 Å². The van der Waals surface area contributed by atoms with Crippen molar-refractivity contribution in [1.29, 1.82) is 0 Å². The number of hydrogen-bond donors (Lipinski definition) is 1. The first kappa shape index (κ1) is 16.7. The van der Waals surface area contributed by atoms with Gasteiger partial charge in [-0.05, 0) is 56.2 Å². The Morgan fingerprint density at radius 2 is 1.92 bits per heavy atom. The predicted octanol–water partition coefficient (Wildman–Crippen LogP) is 3.07. The minimum Gasteiger partial charge on any atom is -0.465 e. The molecule has 1 amide bonds. The van der Waals surface area contributed by atoms with Crippen molar-refractivity contribution < 1.29 is 17.6 Å². The average molecular weight is 348 g/mol. The van der Waals surface area contributed by atoms with Gasteiger partial charge in [-0.15, -0.1) is 0 Å². The molecule has 2 aromatic rings. The molecule has 1 aromatic carbocycles. The lowest BCUT2D eigenvalue weighted by Crippen LogP contribution is -2.30. The number of aryl methyl sites for hydroxylation is 1. The molecule has 1 aliphatic heterocycles. The van der Waals surface area contributed by atoms with Crippen LogP contribution in [0.2, 0.25) is 0 Å². The summed E-state index contributed by atoms with van der Waals surface area (Å²) in [5.74, 6) is 1.26. The van der Waals surface area contributed by atoms with Crippen molar-refractivity contribution in [3.63, 3.8) is 0 Å². The number of anilines is 1. The minimum atomic E-state index is -3.61. The van der Waals surface area contributed by atoms with Crippen molar-refractivity contribution in [1.82, 2.24) is 4.31 Å². The van der Waals surface area contributed by atoms with Gasteiger partial charge in [-0.3, -0.25) is 4.79 Å². The zero-order valence-corrected chi connectivity index (χ0v) is 14.5. The second-order valence-corrected chi connectivity index (χ2v) is 7.82. The molecule has 128 valence electrons. The summed E-state index contributed by atoms with van der Waals surface area (Å²) in [4.78, 5) is 11.3. The molecule has 1 atom stereocenters. The molecule has 7 heteroatoms. The molecule has 0 radical (unpaired) electrons. The van der Waals surface area contributed by atoms with Crippen molar-refractivity contribution >= 4 is 21.6 Å². The molecule has 1 N–H and O–H groups in total. The van der Waals surface area contributed by atoms with Crippen LogP contribution in [0.25, 0.3) is 0 Å². The number of furan rings is 1. The van der Waals surface area contributed by atoms with E-state index in [0.29, 0.717) is 18.0 Å². The SMILES string of the molecule is CC(=O)Nc1ccc(S(=O)(=O)N2CCC[C@H]2c2ccc(C)o2)cc1. The van der Waals surface area contributed by atoms with Crippen molar-refractivity contribution in [2.75, 3.05) is 11.9 Å². The molecular weight excluding hydrogens is 328 g/mol. The van der Waals surface area contributed by atoms with Gasteiger partial charge in [0.25, 0.3) is 0 Å². The van der Waals surface area contributed by atoms with E-state index in [9.17, 15) is 13.2 Å². The lowest BCUT2D eigenvalue weighted by molar-refractivity contribution is -0.114. The first-order chi connectivity index (χ1) is 11.4. The molecule has 3 rings (SSSR count). The van der Waals surface area contributed by atoms with E-state index >= 15 is 0 Å². The Labute approximate surface area is 141 Å². The molecule has 0 aliphatic carbocycles. The highest BCUT2D eigenvalue weighted by Gasteiger charge is 2.37. The number of nitrogens with zero attached hydrogens (tertiary/aromatic N) is 1. The highest BCUT2D eigenvalue weighted by atomic mass is 32.2. The van der Waals surface area contributed by atoms with Crippen LogP contribution in [-0.4, -0.2) is 25.2 Å². The standard InChI is InChI=1S/C17H20N2O4S/c1-12-5-10-17(23-12)16-4-3-11-19(16)24(21,22)15-8-6-14(7-9-15)18-13(2)20/h5-10,16H,3-4,11H2,1-2H3,(H,18,20)/t16-/m0/s1. The van der Waals surface area contributed by atoms with E-state index in [4.69, 9.17) is 4.42 Å². The fourth-order valence-electron chi connectivity index (χ4n) is 2.99. The number of benzene rings is 1. The van der Waals surface area contributed by atoms with Crippen molar-refractivity contribution in [3.05, 3.63) is 47.9 Å². The maximum atomic E-state index is 13.0. The summed E-state index contributed by atoms with van der Waals surface area (Å²) in [5, 5.41) is 2.63. The van der Waals surface area contributed by atoms with E-state index in [0.717, 1.165) is 18.6 Å². The molecule has 0 unspecified atom stereocenters. The summed E-state index contributed by atoms with van der Waals surface area (Å²) in [6, 6.07) is 9.65. The highest BCUT2D eigenvalue weighted by molar-refractivity contribution is 7.89. The van der Waals surface area contributed by atoms with E-state index in [2.05, 4.69) is 5.32 Å². The smallest absolute Gasteiger partial charge is 0.243 e. The molecule has 0 bridgehead atoms. The third kappa shape index (κ3) is 3.22. The molecule has 1 aromatic heterocycles. The number of sulfonamides is 1. The number of rotatable bonds is 4. The van der Waals surface area contributed by atoms with Crippen LogP contribution in [0.3, 0.4) is 0 Å². The maximum Gasteiger partial charge on any atom is 0.243 e. The van der Waals surface area contributed by atoms with Gasteiger partial charge in [-0.1, -0.05) is 0 Å². The second-order valence-electron chi connectivity index (χ2n) is 5.93. The zero-order valence-electron chi connectivity index (χ0n) is 13.7. The van der Waals surface area contributed by atoms with Crippen LogP contribution in [0.5, 0.6) is 0 Å². The predicted molar refractivity (Wildman–Crippen MR) is 90.1 cm³/mol. The monoisotopic (exact) mass is 348 g/mol. The van der Waals surface area contributed by atoms with Crippen LogP contribution >= 0.6 is 0 Å². The molecule has 6 nitrogen and oxygen atoms in total. The Balaban J connectivity index is 1.87. The van der Waals surface area contributed by atoms with Gasteiger partial charge in [-0.25, -0.2) is 8.42 Å². The van der Waals surface area contributed by atoms with E-state index in [1.807, 2.05) is 19.1 Å². The maximum absolute atomic E-state index is 13.0. The Kier molecular flexibility index (Phi) is 4.47. The quantitative estimate of drug-likeness (QED) is 0.921. The van der Waals surface area contributed by atoms with Gasteiger partial charge in [-0.2, -0.15) is 4.31 Å². The van der Waals surface area contributed by atoms with Crippen molar-refractivity contribution in [2.45, 2.75) is 37.6 Å². The molecule has 24 heavy (non-hydrogen) atoms. The second kappa shape index (κ2) is 6.41. The summed E-state index contributed by atoms with van der Waals surface area (Å²) in [5.41, 5.74) is 0.570. The summed E-state index contributed by atoms with van der Waals surface area (Å²) >= 11 is 0. The van der Waals surface area contributed by atoms with Crippen LogP contribution in [0.15, 0.2) is 45.7 Å². The zero-order chi connectivity index (χ0) is 17.3. The summed E-state index contributed by atoms with van der Waals surface area (Å²) in [6.45, 7) is 3.73. The van der Waals surface area contributed by atoms with Gasteiger partial charge < -0.3 is 9.73 Å². The number of hydrogen-bond acceptors (Lipinski definition) is 4. The van der Waals surface area contributed by atoms with E-state index < -0.39 is 10.0 Å². The Morgan fingerprint density at radius 1 is 1.21 bits per heavy atom. The van der Waals surface area contributed by atoms with Crippen LogP contribution in [-0.2, 0) is 14.8 Å². The van der Waals surface area contributed by atoms with E-state index in [1.54, 1.807) is 12.1 Å². The fourth-order valence-corrected chi connectivity index (χ4v) is 4.66. The van der Waals surface area contributed by atoms with Gasteiger partial charge in [0.15, 0.2) is 0 Å². The van der Waals surface area contributed by atoms with Gasteiger partial charge in [0.05, 0.1) is 10.9 Å². The van der Waals surface area contributed by atoms with Crippen LogP contribution < -0.4 is 5.32 Å². The summed E-state index contributed by atoms with van der Waals surface area (Å²) in [6.07, 6.45) is 1.55. The van der Waals surface area contributed by atoms with Gasteiger partial charge in [0.1, 0.15) is 11.5 Å². The van der Waals surface area contributed by atoms with Crippen molar-refractivity contribution in [2.24, 2.45) is 0 Å². The molecule has 0 spiro atoms. The van der Waals surface area contributed by atoms with Crippen LogP contribution in [0, 0.1) is 6.92 Å². The number of carbonyl (C=O) groups excluding carboxylic acids is 1. The number of carbonyl (C=O) groups is 1. The third-order valence-electron chi connectivity index (χ3n) is 4.07. The van der Waals surface area contributed by atoms with Crippen molar-refractivity contribution in [3.8, 4) is 0 Å². The van der Waals surface area contributed by atoms with Crippen LogP contribution in [0.4, 0.5) is 5.69 Å². The first-order valence-electron chi connectivity index (χ1n) is 7.84. The first-order valence-corrected chi connectivity index (χ1v) is 9.28. The third-order valence-corrected chi connectivity index (χ3v) is 6.00. The Morgan fingerprint density at radius 3 is 2.50 bits per heavy atom. The van der Waals surface area contributed by atoms with Gasteiger partial charge >= 0.3 is 0 Å². The molecule has 1 aliphatic rings. The average Bonchev–Trinajstić information content (AvgIpc) is 3.15. The molecule has 0 saturated carbocycles. The Hall–Kier alpha value is -2.12. The van der Waals surface area contributed by atoms with E-state index in [-0.39, 0.29) is 16.8 Å². The van der Waals surface area contributed by atoms with Gasteiger partial charge in [0, 0.05) is 19.2 Å². The Bertz CT molecular complexity index is 840. The fraction of sp³-hybridized carbons (Fsp3) is 0.353. The number of nitrogens with one attached hydrogen (secondary N) is 1. The van der Waals surface area contributed by atoms with Gasteiger partial charge in [0.2, 0.25) is 15.9 Å². The lowest BCUT2D eigenvalue weighted by Gasteiger charge is -2.22. The largest absolute Gasteiger partial charge is 0.465 e.